The Morgan fingerprint density at radius 1 is 1.21 bits per heavy atom. The maximum atomic E-state index is 12.4. The van der Waals surface area contributed by atoms with Gasteiger partial charge in [-0.3, -0.25) is 9.09 Å². The zero-order valence-corrected chi connectivity index (χ0v) is 20.3. The van der Waals surface area contributed by atoms with Crippen LogP contribution in [0.3, 0.4) is 0 Å². The molecule has 0 aromatic carbocycles. The summed E-state index contributed by atoms with van der Waals surface area (Å²) in [6.45, 7) is 3.84. The Balaban J connectivity index is 1.42. The second-order valence-electron chi connectivity index (χ2n) is 7.73. The number of thioether (sulfide) groups is 1. The number of hydrogen-bond acceptors (Lipinski definition) is 12. The molecule has 34 heavy (non-hydrogen) atoms. The fraction of sp³-hybridized carbons (Fsp3) is 0.500. The van der Waals surface area contributed by atoms with Gasteiger partial charge < -0.3 is 30.0 Å². The van der Waals surface area contributed by atoms with E-state index in [4.69, 9.17) is 24.8 Å². The summed E-state index contributed by atoms with van der Waals surface area (Å²) in [7, 11) is -16.5. The van der Waals surface area contributed by atoms with Gasteiger partial charge in [0, 0.05) is 0 Å². The lowest BCUT2D eigenvalue weighted by molar-refractivity contribution is -0.0275. The monoisotopic (exact) mass is 557 g/mol. The van der Waals surface area contributed by atoms with Gasteiger partial charge in [0.2, 0.25) is 0 Å². The Kier molecular flexibility index (Phi) is 5.52. The molecule has 3 fully saturated rings. The first-order valence-corrected chi connectivity index (χ1v) is 14.9. The summed E-state index contributed by atoms with van der Waals surface area (Å²) >= 11 is 1.51. The average molecular weight is 557 g/mol. The number of nitrogen functional groups attached to an aromatic ring is 1. The third kappa shape index (κ3) is 3.63. The molecule has 2 aromatic rings. The van der Waals surface area contributed by atoms with Crippen molar-refractivity contribution in [1.29, 1.82) is 0 Å². The van der Waals surface area contributed by atoms with Gasteiger partial charge in [-0.1, -0.05) is 6.08 Å². The summed E-state index contributed by atoms with van der Waals surface area (Å²) in [6, 6.07) is 0. The van der Waals surface area contributed by atoms with Crippen LogP contribution in [0.2, 0.25) is 0 Å². The number of hydrogen-bond donors (Lipinski definition) is 5. The molecule has 2 saturated heterocycles. The number of phosphoric ester groups is 1. The molecule has 0 amide bonds. The van der Waals surface area contributed by atoms with Crippen LogP contribution in [0.25, 0.3) is 11.2 Å². The third-order valence-electron chi connectivity index (χ3n) is 5.99. The minimum Gasteiger partial charge on any atom is -0.382 e. The quantitative estimate of drug-likeness (QED) is 0.225. The van der Waals surface area contributed by atoms with Crippen LogP contribution in [0.15, 0.2) is 25.3 Å². The summed E-state index contributed by atoms with van der Waals surface area (Å²) in [4.78, 5) is 49.2. The molecule has 3 unspecified atom stereocenters. The topological polar surface area (TPSA) is 239 Å². The molecule has 7 atom stereocenters. The minimum absolute atomic E-state index is 0.186. The van der Waals surface area contributed by atoms with Gasteiger partial charge in [0.1, 0.15) is 24.1 Å². The molecule has 5 rings (SSSR count). The van der Waals surface area contributed by atoms with Crippen LogP contribution in [-0.4, -0.2) is 61.8 Å². The molecule has 4 heterocycles. The van der Waals surface area contributed by atoms with Crippen molar-refractivity contribution in [2.24, 2.45) is 5.41 Å². The van der Waals surface area contributed by atoms with E-state index in [-0.39, 0.29) is 5.82 Å². The maximum absolute atomic E-state index is 12.4. The molecule has 0 radical (unpaired) electrons. The second-order valence-corrected chi connectivity index (χ2v) is 13.5. The zero-order valence-electron chi connectivity index (χ0n) is 16.8. The van der Waals surface area contributed by atoms with Crippen LogP contribution in [0, 0.1) is 5.41 Å². The minimum atomic E-state index is -5.64. The summed E-state index contributed by atoms with van der Waals surface area (Å²) in [6.07, 6.45) is 2.37. The third-order valence-corrected chi connectivity index (χ3v) is 11.5. The molecule has 3 aliphatic rings. The molecular formula is C14H18N5O11P3S. The van der Waals surface area contributed by atoms with Crippen LogP contribution < -0.4 is 5.73 Å². The summed E-state index contributed by atoms with van der Waals surface area (Å²) in [5.74, 6) is 0.930. The van der Waals surface area contributed by atoms with Crippen LogP contribution in [0.5, 0.6) is 0 Å². The van der Waals surface area contributed by atoms with Crippen molar-refractivity contribution in [1.82, 2.24) is 19.5 Å². The fourth-order valence-corrected chi connectivity index (χ4v) is 9.40. The molecule has 16 nitrogen and oxygen atoms in total. The number of imidazole rings is 1. The van der Waals surface area contributed by atoms with E-state index < -0.39 is 52.1 Å². The van der Waals surface area contributed by atoms with Gasteiger partial charge in [-0.15, -0.1) is 18.3 Å². The second kappa shape index (κ2) is 7.65. The van der Waals surface area contributed by atoms with Gasteiger partial charge in [0.25, 0.3) is 0 Å². The van der Waals surface area contributed by atoms with Crippen LogP contribution in [0.4, 0.5) is 5.82 Å². The highest BCUT2D eigenvalue weighted by Crippen LogP contribution is 2.79. The van der Waals surface area contributed by atoms with Gasteiger partial charge >= 0.3 is 23.5 Å². The molecule has 2 aliphatic heterocycles. The normalized spacial score (nSPS) is 35.9. The largest absolute Gasteiger partial charge is 0.490 e. The molecule has 186 valence electrons. The number of rotatable bonds is 8. The Bertz CT molecular complexity index is 1330. The smallest absolute Gasteiger partial charge is 0.382 e. The van der Waals surface area contributed by atoms with E-state index in [1.54, 1.807) is 4.57 Å². The fourth-order valence-electron chi connectivity index (χ4n) is 4.65. The van der Waals surface area contributed by atoms with Crippen molar-refractivity contribution < 1.29 is 51.2 Å². The SMILES string of the molecule is C=C[C@]12C(OP(=O)(O)OP(=O)(O)OP(=O)(O)O)[C@H]1O[C@@H](n1cnc3c(N)ncnc31)[C@@]21CCS1. The van der Waals surface area contributed by atoms with Crippen molar-refractivity contribution in [3.63, 3.8) is 0 Å². The van der Waals surface area contributed by atoms with E-state index >= 15 is 0 Å². The first-order valence-electron chi connectivity index (χ1n) is 9.43. The molecule has 1 saturated carbocycles. The Hall–Kier alpha value is -1.19. The van der Waals surface area contributed by atoms with Gasteiger partial charge in [-0.2, -0.15) is 8.62 Å². The average Bonchev–Trinajstić information content (AvgIpc) is 2.99. The summed E-state index contributed by atoms with van der Waals surface area (Å²) in [5.41, 5.74) is 5.67. The van der Waals surface area contributed by atoms with Crippen LogP contribution in [0.1, 0.15) is 12.6 Å². The first kappa shape index (κ1) is 24.5. The number of nitrogens with zero attached hydrogens (tertiary/aromatic N) is 4. The van der Waals surface area contributed by atoms with Crippen molar-refractivity contribution >= 4 is 52.2 Å². The Morgan fingerprint density at radius 3 is 2.50 bits per heavy atom. The standard InChI is InChI=1S/C14H18N5O11P3S/c1-2-13-8(9(13)28-32(23,24)30-33(25,26)29-31(20,21)22)27-12(14(13)3-4-34-14)19-6-18-7-10(15)16-5-17-11(7)19/h2,5-6,8-9,12H,1,3-4H2,(H,23,24)(H,25,26)(H2,15,16,17)(H2,20,21,22)/t8-,9?,12-,13-,14+/m1/s1. The van der Waals surface area contributed by atoms with E-state index in [2.05, 4.69) is 30.2 Å². The molecule has 1 aliphatic carbocycles. The molecule has 0 bridgehead atoms. The van der Waals surface area contributed by atoms with E-state index in [9.17, 15) is 23.5 Å². The molecular weight excluding hydrogens is 539 g/mol. The highest BCUT2D eigenvalue weighted by atomic mass is 32.2. The van der Waals surface area contributed by atoms with Gasteiger partial charge in [0.05, 0.1) is 16.5 Å². The molecule has 1 spiro atoms. The zero-order chi connectivity index (χ0) is 24.7. The van der Waals surface area contributed by atoms with Gasteiger partial charge in [-0.05, 0) is 12.2 Å². The predicted molar refractivity (Wildman–Crippen MR) is 115 cm³/mol. The lowest BCUT2D eigenvalue weighted by atomic mass is 9.83. The Morgan fingerprint density at radius 2 is 1.91 bits per heavy atom. The van der Waals surface area contributed by atoms with Crippen molar-refractivity contribution in [2.75, 3.05) is 11.5 Å². The lowest BCUT2D eigenvalue weighted by Crippen LogP contribution is -2.49. The maximum Gasteiger partial charge on any atom is 0.490 e. The highest BCUT2D eigenvalue weighted by molar-refractivity contribution is 8.02. The van der Waals surface area contributed by atoms with Crippen LogP contribution in [-0.2, 0) is 31.6 Å². The van der Waals surface area contributed by atoms with Crippen molar-refractivity contribution in [3.8, 4) is 0 Å². The summed E-state index contributed by atoms with van der Waals surface area (Å²) < 4.78 is 54.8. The van der Waals surface area contributed by atoms with Crippen molar-refractivity contribution in [3.05, 3.63) is 25.3 Å². The first-order chi connectivity index (χ1) is 15.8. The van der Waals surface area contributed by atoms with Crippen LogP contribution >= 0.6 is 35.2 Å². The molecule has 6 N–H and O–H groups in total. The number of anilines is 1. The van der Waals surface area contributed by atoms with Crippen molar-refractivity contribution in [2.45, 2.75) is 29.6 Å². The number of aromatic nitrogens is 4. The van der Waals surface area contributed by atoms with Gasteiger partial charge in [-0.25, -0.2) is 28.6 Å². The molecule has 20 heteroatoms. The van der Waals surface area contributed by atoms with Gasteiger partial charge in [0.15, 0.2) is 17.7 Å². The number of nitrogens with two attached hydrogens (primary N) is 1. The highest BCUT2D eigenvalue weighted by Gasteiger charge is 2.85. The van der Waals surface area contributed by atoms with E-state index in [1.807, 2.05) is 0 Å². The number of ether oxygens (including phenoxy) is 1. The van der Waals surface area contributed by atoms with E-state index in [1.165, 1.54) is 30.5 Å². The summed E-state index contributed by atoms with van der Waals surface area (Å²) in [5, 5.41) is 0. The van der Waals surface area contributed by atoms with E-state index in [0.29, 0.717) is 17.6 Å². The lowest BCUT2D eigenvalue weighted by Gasteiger charge is -2.48. The van der Waals surface area contributed by atoms with E-state index in [0.717, 1.165) is 5.75 Å². The Labute approximate surface area is 195 Å². The molecule has 2 aromatic heterocycles. The number of fused-ring (bicyclic) bond motifs is 3. The predicted octanol–water partition coefficient (Wildman–Crippen LogP) is 1.08. The number of phosphoric acid groups is 3.